The number of sulfone groups is 1. The predicted molar refractivity (Wildman–Crippen MR) is 111 cm³/mol. The van der Waals surface area contributed by atoms with E-state index in [1.807, 2.05) is 0 Å². The first kappa shape index (κ1) is 22.8. The molecule has 0 spiro atoms. The molecule has 1 unspecified atom stereocenters. The summed E-state index contributed by atoms with van der Waals surface area (Å²) >= 11 is 0. The van der Waals surface area contributed by atoms with Crippen LogP contribution in [-0.4, -0.2) is 38.0 Å². The Bertz CT molecular complexity index is 1060. The highest BCUT2D eigenvalue weighted by atomic mass is 32.2. The smallest absolute Gasteiger partial charge is 0.269 e. The summed E-state index contributed by atoms with van der Waals surface area (Å²) in [6, 6.07) is 11.5. The summed E-state index contributed by atoms with van der Waals surface area (Å²) in [6.07, 6.45) is 3.82. The van der Waals surface area contributed by atoms with Crippen molar-refractivity contribution in [1.29, 1.82) is 0 Å². The Morgan fingerprint density at radius 3 is 2.23 bits per heavy atom. The van der Waals surface area contributed by atoms with E-state index in [0.29, 0.717) is 5.56 Å². The fourth-order valence-electron chi connectivity index (χ4n) is 2.48. The van der Waals surface area contributed by atoms with E-state index in [2.05, 4.69) is 10.6 Å². The number of nitrogens with zero attached hydrogens (tertiary/aromatic N) is 1. The molecule has 2 N–H and O–H groups in total. The molecule has 30 heavy (non-hydrogen) atoms. The topological polar surface area (TPSA) is 135 Å². The third kappa shape index (κ3) is 6.82. The molecule has 0 aliphatic rings. The first-order chi connectivity index (χ1) is 14.1. The number of nitrogens with one attached hydrogen (secondary N) is 2. The highest BCUT2D eigenvalue weighted by Crippen LogP contribution is 2.16. The van der Waals surface area contributed by atoms with Gasteiger partial charge in [0.25, 0.3) is 5.69 Å². The highest BCUT2D eigenvalue weighted by Gasteiger charge is 2.12. The maximum Gasteiger partial charge on any atom is 0.269 e. The van der Waals surface area contributed by atoms with Gasteiger partial charge in [-0.25, -0.2) is 8.42 Å². The number of hydrogen-bond donors (Lipinski definition) is 2. The van der Waals surface area contributed by atoms with Crippen LogP contribution in [0.1, 0.15) is 24.1 Å². The van der Waals surface area contributed by atoms with Gasteiger partial charge in [-0.3, -0.25) is 19.7 Å². The zero-order valence-electron chi connectivity index (χ0n) is 16.4. The van der Waals surface area contributed by atoms with Gasteiger partial charge >= 0.3 is 0 Å². The van der Waals surface area contributed by atoms with Crippen LogP contribution in [0.3, 0.4) is 0 Å². The van der Waals surface area contributed by atoms with Gasteiger partial charge in [0.1, 0.15) is 0 Å². The quantitative estimate of drug-likeness (QED) is 0.373. The summed E-state index contributed by atoms with van der Waals surface area (Å²) in [6.45, 7) is 1.50. The van der Waals surface area contributed by atoms with Crippen LogP contribution in [0.2, 0.25) is 0 Å². The standard InChI is InChI=1S/C20H21N3O6S/c1-14(16-6-10-18(11-7-16)30(2,28)29)22-20(25)13-21-19(24)12-5-15-3-8-17(9-4-15)23(26)27/h3-12,14H,13H2,1-2H3,(H,21,24)(H,22,25). The lowest BCUT2D eigenvalue weighted by atomic mass is 10.1. The summed E-state index contributed by atoms with van der Waals surface area (Å²) in [7, 11) is -3.29. The van der Waals surface area contributed by atoms with E-state index in [0.717, 1.165) is 11.8 Å². The van der Waals surface area contributed by atoms with Crippen molar-refractivity contribution < 1.29 is 22.9 Å². The van der Waals surface area contributed by atoms with Crippen LogP contribution in [0.25, 0.3) is 6.08 Å². The molecule has 2 amide bonds. The molecule has 0 aliphatic carbocycles. The largest absolute Gasteiger partial charge is 0.348 e. The number of benzene rings is 2. The number of amides is 2. The van der Waals surface area contributed by atoms with Gasteiger partial charge in [0.15, 0.2) is 9.84 Å². The van der Waals surface area contributed by atoms with Gasteiger partial charge in [0.05, 0.1) is 22.4 Å². The summed E-state index contributed by atoms with van der Waals surface area (Å²) < 4.78 is 23.0. The monoisotopic (exact) mass is 431 g/mol. The minimum absolute atomic E-state index is 0.0478. The maximum atomic E-state index is 12.0. The molecule has 0 bridgehead atoms. The molecule has 0 aliphatic heterocycles. The van der Waals surface area contributed by atoms with E-state index in [4.69, 9.17) is 0 Å². The van der Waals surface area contributed by atoms with E-state index < -0.39 is 26.6 Å². The van der Waals surface area contributed by atoms with Crippen molar-refractivity contribution in [3.8, 4) is 0 Å². The molecular weight excluding hydrogens is 410 g/mol. The lowest BCUT2D eigenvalue weighted by Crippen LogP contribution is -2.37. The Balaban J connectivity index is 1.83. The van der Waals surface area contributed by atoms with Gasteiger partial charge in [-0.15, -0.1) is 0 Å². The second kappa shape index (κ2) is 9.79. The molecule has 1 atom stereocenters. The predicted octanol–water partition coefficient (Wildman–Crippen LogP) is 2.01. The van der Waals surface area contributed by atoms with Gasteiger partial charge in [0, 0.05) is 24.5 Å². The molecule has 0 fully saturated rings. The van der Waals surface area contributed by atoms with E-state index in [1.165, 1.54) is 48.6 Å². The molecule has 2 aromatic carbocycles. The fraction of sp³-hybridized carbons (Fsp3) is 0.200. The van der Waals surface area contributed by atoms with Crippen LogP contribution in [0.15, 0.2) is 59.5 Å². The second-order valence-electron chi connectivity index (χ2n) is 6.53. The zero-order valence-corrected chi connectivity index (χ0v) is 17.2. The zero-order chi connectivity index (χ0) is 22.3. The number of non-ortho nitro benzene ring substituents is 1. The molecule has 2 aromatic rings. The summed E-state index contributed by atoms with van der Waals surface area (Å²) in [5.41, 5.74) is 1.28. The summed E-state index contributed by atoms with van der Waals surface area (Å²) in [5.74, 6) is -0.902. The molecule has 158 valence electrons. The number of nitro benzene ring substituents is 1. The van der Waals surface area contributed by atoms with Crippen LogP contribution >= 0.6 is 0 Å². The molecule has 0 saturated carbocycles. The third-order valence-electron chi connectivity index (χ3n) is 4.14. The molecular formula is C20H21N3O6S. The lowest BCUT2D eigenvalue weighted by molar-refractivity contribution is -0.384. The van der Waals surface area contributed by atoms with Crippen LogP contribution < -0.4 is 10.6 Å². The minimum atomic E-state index is -3.29. The molecule has 0 aromatic heterocycles. The number of hydrogen-bond acceptors (Lipinski definition) is 6. The Labute approximate surface area is 173 Å². The molecule has 0 heterocycles. The summed E-state index contributed by atoms with van der Waals surface area (Å²) in [5, 5.41) is 15.8. The molecule has 2 rings (SSSR count). The van der Waals surface area contributed by atoms with E-state index in [9.17, 15) is 28.1 Å². The molecule has 0 saturated heterocycles. The van der Waals surface area contributed by atoms with Gasteiger partial charge in [-0.1, -0.05) is 12.1 Å². The average Bonchev–Trinajstić information content (AvgIpc) is 2.70. The van der Waals surface area contributed by atoms with Crippen molar-refractivity contribution in [2.24, 2.45) is 0 Å². The molecule has 9 nitrogen and oxygen atoms in total. The van der Waals surface area contributed by atoms with Gasteiger partial charge in [-0.05, 0) is 48.4 Å². The van der Waals surface area contributed by atoms with E-state index in [-0.39, 0.29) is 23.2 Å². The number of rotatable bonds is 8. The van der Waals surface area contributed by atoms with Crippen molar-refractivity contribution in [3.05, 3.63) is 75.8 Å². The Kier molecular flexibility index (Phi) is 7.43. The van der Waals surface area contributed by atoms with E-state index in [1.54, 1.807) is 19.1 Å². The minimum Gasteiger partial charge on any atom is -0.348 e. The third-order valence-corrected chi connectivity index (χ3v) is 5.27. The van der Waals surface area contributed by atoms with Gasteiger partial charge in [-0.2, -0.15) is 0 Å². The van der Waals surface area contributed by atoms with Crippen molar-refractivity contribution >= 4 is 33.4 Å². The highest BCUT2D eigenvalue weighted by molar-refractivity contribution is 7.90. The van der Waals surface area contributed by atoms with Crippen LogP contribution in [0.5, 0.6) is 0 Å². The molecule has 0 radical (unpaired) electrons. The van der Waals surface area contributed by atoms with Crippen molar-refractivity contribution in [3.63, 3.8) is 0 Å². The van der Waals surface area contributed by atoms with Crippen LogP contribution in [0.4, 0.5) is 5.69 Å². The van der Waals surface area contributed by atoms with Gasteiger partial charge in [0.2, 0.25) is 11.8 Å². The van der Waals surface area contributed by atoms with Crippen LogP contribution in [0, 0.1) is 10.1 Å². The summed E-state index contributed by atoms with van der Waals surface area (Å²) in [4.78, 5) is 34.2. The van der Waals surface area contributed by atoms with Crippen molar-refractivity contribution in [1.82, 2.24) is 10.6 Å². The van der Waals surface area contributed by atoms with E-state index >= 15 is 0 Å². The lowest BCUT2D eigenvalue weighted by Gasteiger charge is -2.15. The fourth-order valence-corrected chi connectivity index (χ4v) is 3.12. The number of carbonyl (C=O) groups excluding carboxylic acids is 2. The maximum absolute atomic E-state index is 12.0. The Morgan fingerprint density at radius 1 is 1.10 bits per heavy atom. The number of carbonyl (C=O) groups is 2. The van der Waals surface area contributed by atoms with Crippen molar-refractivity contribution in [2.45, 2.75) is 17.9 Å². The Morgan fingerprint density at radius 2 is 1.70 bits per heavy atom. The Hall–Kier alpha value is -3.53. The van der Waals surface area contributed by atoms with Gasteiger partial charge < -0.3 is 10.6 Å². The average molecular weight is 431 g/mol. The van der Waals surface area contributed by atoms with Crippen molar-refractivity contribution in [2.75, 3.05) is 12.8 Å². The second-order valence-corrected chi connectivity index (χ2v) is 8.55. The van der Waals surface area contributed by atoms with Crippen LogP contribution in [-0.2, 0) is 19.4 Å². The SMILES string of the molecule is CC(NC(=O)CNC(=O)C=Cc1ccc([N+](=O)[O-])cc1)c1ccc(S(C)(=O)=O)cc1. The normalized spacial score (nSPS) is 12.3. The molecule has 10 heteroatoms. The first-order valence-electron chi connectivity index (χ1n) is 8.86. The first-order valence-corrected chi connectivity index (χ1v) is 10.7. The number of nitro groups is 1.